The zero-order chi connectivity index (χ0) is 26.5. The second kappa shape index (κ2) is 11.6. The summed E-state index contributed by atoms with van der Waals surface area (Å²) in [4.78, 5) is 17.4. The Kier molecular flexibility index (Phi) is 7.86. The first kappa shape index (κ1) is 25.7. The number of thioether (sulfide) groups is 1. The van der Waals surface area contributed by atoms with Gasteiger partial charge in [0, 0.05) is 17.8 Å². The molecule has 38 heavy (non-hydrogen) atoms. The van der Waals surface area contributed by atoms with E-state index in [0.717, 1.165) is 33.1 Å². The van der Waals surface area contributed by atoms with Crippen LogP contribution >= 0.6 is 23.1 Å². The number of rotatable bonds is 10. The Bertz CT molecular complexity index is 1590. The number of aromatic nitrogens is 4. The van der Waals surface area contributed by atoms with Crippen LogP contribution < -0.4 is 10.1 Å². The molecule has 5 aromatic rings. The van der Waals surface area contributed by atoms with Crippen molar-refractivity contribution in [1.29, 1.82) is 0 Å². The minimum atomic E-state index is -0.121. The van der Waals surface area contributed by atoms with Gasteiger partial charge in [-0.1, -0.05) is 42.1 Å². The Hall–Kier alpha value is -3.95. The Labute approximate surface area is 229 Å². The average molecular weight is 542 g/mol. The largest absolute Gasteiger partial charge is 0.485 e. The molecule has 1 N–H and O–H groups in total. The van der Waals surface area contributed by atoms with E-state index in [-0.39, 0.29) is 18.3 Å². The molecule has 0 aliphatic rings. The van der Waals surface area contributed by atoms with Crippen molar-refractivity contribution in [1.82, 2.24) is 19.7 Å². The summed E-state index contributed by atoms with van der Waals surface area (Å²) in [5.74, 6) is 1.56. The Balaban J connectivity index is 1.19. The fourth-order valence-electron chi connectivity index (χ4n) is 3.88. The summed E-state index contributed by atoms with van der Waals surface area (Å²) in [6.45, 7) is 8.72. The van der Waals surface area contributed by atoms with Crippen molar-refractivity contribution in [2.24, 2.45) is 0 Å². The number of thiazole rings is 1. The van der Waals surface area contributed by atoms with E-state index in [1.807, 2.05) is 66.1 Å². The highest BCUT2D eigenvalue weighted by Gasteiger charge is 2.15. The normalized spacial score (nSPS) is 11.0. The zero-order valence-electron chi connectivity index (χ0n) is 21.2. The molecule has 0 atom stereocenters. The summed E-state index contributed by atoms with van der Waals surface area (Å²) < 4.78 is 9.03. The zero-order valence-corrected chi connectivity index (χ0v) is 22.8. The smallest absolute Gasteiger partial charge is 0.234 e. The summed E-state index contributed by atoms with van der Waals surface area (Å²) in [5, 5.41) is 13.1. The lowest BCUT2D eigenvalue weighted by Gasteiger charge is -2.10. The molecule has 0 aliphatic heterocycles. The molecule has 0 saturated carbocycles. The first-order valence-corrected chi connectivity index (χ1v) is 13.9. The van der Waals surface area contributed by atoms with Crippen LogP contribution in [0.2, 0.25) is 0 Å². The second-order valence-corrected chi connectivity index (χ2v) is 10.7. The van der Waals surface area contributed by atoms with E-state index >= 15 is 0 Å². The molecule has 0 bridgehead atoms. The number of allylic oxidation sites excluding steroid dienone is 1. The number of nitrogens with zero attached hydrogens (tertiary/aromatic N) is 4. The van der Waals surface area contributed by atoms with Crippen LogP contribution in [0, 0.1) is 13.8 Å². The van der Waals surface area contributed by atoms with E-state index in [1.165, 1.54) is 22.0 Å². The summed E-state index contributed by atoms with van der Waals surface area (Å²) in [5.41, 5.74) is 5.03. The van der Waals surface area contributed by atoms with Gasteiger partial charge < -0.3 is 10.1 Å². The molecule has 9 heteroatoms. The summed E-state index contributed by atoms with van der Waals surface area (Å²) in [6, 6.07) is 21.9. The SMILES string of the molecule is C=CCn1c(COc2ccccc2C)nnc1SCC(=O)Nc1ccc(-c2nc3ccc(C)cc3s2)cc1. The van der Waals surface area contributed by atoms with Crippen LogP contribution in [-0.4, -0.2) is 31.4 Å². The van der Waals surface area contributed by atoms with E-state index in [2.05, 4.69) is 41.1 Å². The number of hydrogen-bond acceptors (Lipinski definition) is 7. The first-order valence-electron chi connectivity index (χ1n) is 12.1. The van der Waals surface area contributed by atoms with Crippen molar-refractivity contribution < 1.29 is 9.53 Å². The number of aryl methyl sites for hydroxylation is 2. The van der Waals surface area contributed by atoms with Crippen molar-refractivity contribution in [2.75, 3.05) is 11.1 Å². The van der Waals surface area contributed by atoms with Crippen molar-refractivity contribution >= 4 is 44.9 Å². The number of anilines is 1. The highest BCUT2D eigenvalue weighted by molar-refractivity contribution is 7.99. The molecule has 0 unspecified atom stereocenters. The van der Waals surface area contributed by atoms with Crippen LogP contribution in [0.15, 0.2) is 84.5 Å². The van der Waals surface area contributed by atoms with Crippen molar-refractivity contribution in [3.05, 3.63) is 96.3 Å². The van der Waals surface area contributed by atoms with Crippen LogP contribution in [0.3, 0.4) is 0 Å². The average Bonchev–Trinajstić information content (AvgIpc) is 3.51. The highest BCUT2D eigenvalue weighted by atomic mass is 32.2. The molecule has 0 radical (unpaired) electrons. The maximum Gasteiger partial charge on any atom is 0.234 e. The third kappa shape index (κ3) is 5.95. The number of fused-ring (bicyclic) bond motifs is 1. The summed E-state index contributed by atoms with van der Waals surface area (Å²) in [6.07, 6.45) is 1.78. The van der Waals surface area contributed by atoms with Crippen LogP contribution in [0.4, 0.5) is 5.69 Å². The molecule has 0 aliphatic carbocycles. The Morgan fingerprint density at radius 3 is 2.71 bits per heavy atom. The lowest BCUT2D eigenvalue weighted by molar-refractivity contribution is -0.113. The predicted molar refractivity (Wildman–Crippen MR) is 155 cm³/mol. The third-order valence-corrected chi connectivity index (χ3v) is 7.88. The number of carbonyl (C=O) groups excluding carboxylic acids is 1. The van der Waals surface area contributed by atoms with Gasteiger partial charge in [-0.05, 0) is 67.4 Å². The van der Waals surface area contributed by atoms with Gasteiger partial charge in [0.1, 0.15) is 17.4 Å². The first-order chi connectivity index (χ1) is 18.5. The van der Waals surface area contributed by atoms with Gasteiger partial charge in [0.05, 0.1) is 16.0 Å². The number of ether oxygens (including phenoxy) is 1. The van der Waals surface area contributed by atoms with Crippen molar-refractivity contribution in [3.63, 3.8) is 0 Å². The highest BCUT2D eigenvalue weighted by Crippen LogP contribution is 2.31. The topological polar surface area (TPSA) is 81.9 Å². The molecule has 3 aromatic carbocycles. The molecule has 192 valence electrons. The summed E-state index contributed by atoms with van der Waals surface area (Å²) >= 11 is 3.00. The maximum absolute atomic E-state index is 12.7. The number of nitrogens with one attached hydrogen (secondary N) is 1. The standard InChI is InChI=1S/C29H27N5O2S2/c1-4-15-34-26(17-36-24-8-6-5-7-20(24)3)32-33-29(34)37-18-27(35)30-22-12-10-21(11-13-22)28-31-23-14-9-19(2)16-25(23)38-28/h4-14,16H,1,15,17-18H2,2-3H3,(H,30,35). The molecule has 5 rings (SSSR count). The van der Waals surface area contributed by atoms with Crippen LogP contribution in [0.25, 0.3) is 20.8 Å². The van der Waals surface area contributed by atoms with Gasteiger partial charge in [-0.25, -0.2) is 4.98 Å². The molecule has 0 spiro atoms. The molecule has 1 amide bonds. The number of amides is 1. The molecule has 0 fully saturated rings. The molecule has 0 saturated heterocycles. The van der Waals surface area contributed by atoms with E-state index in [4.69, 9.17) is 9.72 Å². The van der Waals surface area contributed by atoms with E-state index < -0.39 is 0 Å². The number of benzene rings is 3. The minimum Gasteiger partial charge on any atom is -0.485 e. The monoisotopic (exact) mass is 541 g/mol. The van der Waals surface area contributed by atoms with E-state index in [1.54, 1.807) is 17.4 Å². The Morgan fingerprint density at radius 1 is 1.11 bits per heavy atom. The van der Waals surface area contributed by atoms with Gasteiger partial charge in [-0.15, -0.1) is 28.1 Å². The van der Waals surface area contributed by atoms with Gasteiger partial charge in [-0.3, -0.25) is 9.36 Å². The quantitative estimate of drug-likeness (QED) is 0.157. The predicted octanol–water partition coefficient (Wildman–Crippen LogP) is 6.67. The Morgan fingerprint density at radius 2 is 1.92 bits per heavy atom. The fraction of sp³-hybridized carbons (Fsp3) is 0.172. The molecule has 2 aromatic heterocycles. The minimum absolute atomic E-state index is 0.121. The van der Waals surface area contributed by atoms with Crippen LogP contribution in [0.5, 0.6) is 5.75 Å². The summed E-state index contributed by atoms with van der Waals surface area (Å²) in [7, 11) is 0. The number of hydrogen-bond donors (Lipinski definition) is 1. The van der Waals surface area contributed by atoms with Gasteiger partial charge in [0.25, 0.3) is 0 Å². The van der Waals surface area contributed by atoms with Crippen molar-refractivity contribution in [2.45, 2.75) is 32.2 Å². The molecular formula is C29H27N5O2S2. The second-order valence-electron chi connectivity index (χ2n) is 8.76. The fourth-order valence-corrected chi connectivity index (χ4v) is 5.72. The van der Waals surface area contributed by atoms with E-state index in [0.29, 0.717) is 17.5 Å². The van der Waals surface area contributed by atoms with Crippen LogP contribution in [-0.2, 0) is 17.9 Å². The molecule has 7 nitrogen and oxygen atoms in total. The van der Waals surface area contributed by atoms with Crippen molar-refractivity contribution in [3.8, 4) is 16.3 Å². The van der Waals surface area contributed by atoms with Crippen LogP contribution in [0.1, 0.15) is 17.0 Å². The molecule has 2 heterocycles. The van der Waals surface area contributed by atoms with Gasteiger partial charge in [0.2, 0.25) is 5.91 Å². The number of para-hydroxylation sites is 1. The van der Waals surface area contributed by atoms with Gasteiger partial charge in [-0.2, -0.15) is 0 Å². The number of carbonyl (C=O) groups is 1. The maximum atomic E-state index is 12.7. The third-order valence-electron chi connectivity index (χ3n) is 5.85. The van der Waals surface area contributed by atoms with Gasteiger partial charge >= 0.3 is 0 Å². The lowest BCUT2D eigenvalue weighted by Crippen LogP contribution is -2.15. The lowest BCUT2D eigenvalue weighted by atomic mass is 10.2. The molecular weight excluding hydrogens is 514 g/mol. The van der Waals surface area contributed by atoms with Gasteiger partial charge in [0.15, 0.2) is 11.0 Å². The van der Waals surface area contributed by atoms with E-state index in [9.17, 15) is 4.79 Å².